The molecule has 1 aliphatic heterocycles. The van der Waals surface area contributed by atoms with E-state index in [1.807, 2.05) is 0 Å². The average Bonchev–Trinajstić information content (AvgIpc) is 2.67. The highest BCUT2D eigenvalue weighted by Crippen LogP contribution is 2.38. The van der Waals surface area contributed by atoms with E-state index < -0.39 is 18.0 Å². The third-order valence-corrected chi connectivity index (χ3v) is 4.70. The summed E-state index contributed by atoms with van der Waals surface area (Å²) < 4.78 is 10.7. The van der Waals surface area contributed by atoms with Crippen LogP contribution < -0.4 is 20.1 Å². The molecule has 2 N–H and O–H groups in total. The number of benzene rings is 2. The first-order valence-corrected chi connectivity index (χ1v) is 8.60. The second-order valence-corrected chi connectivity index (χ2v) is 6.49. The monoisotopic (exact) mass is 386 g/mol. The molecule has 3 rings (SSSR count). The molecule has 0 aliphatic carbocycles. The number of methoxy groups -OCH3 is 2. The highest BCUT2D eigenvalue weighted by Gasteiger charge is 2.39. The number of rotatable bonds is 5. The molecule has 0 spiro atoms. The van der Waals surface area contributed by atoms with E-state index in [2.05, 4.69) is 17.2 Å². The van der Waals surface area contributed by atoms with Crippen LogP contribution in [0.3, 0.4) is 0 Å². The highest BCUT2D eigenvalue weighted by atomic mass is 35.5. The summed E-state index contributed by atoms with van der Waals surface area (Å²) in [6, 6.07) is 10.7. The summed E-state index contributed by atoms with van der Waals surface area (Å²) in [6.07, 6.45) is 0. The Labute approximate surface area is 162 Å². The molecule has 6 nitrogen and oxygen atoms in total. The zero-order valence-electron chi connectivity index (χ0n) is 14.9. The Morgan fingerprint density at radius 2 is 1.81 bits per heavy atom. The largest absolute Gasteiger partial charge is 0.497 e. The third kappa shape index (κ3) is 3.75. The van der Waals surface area contributed by atoms with Crippen molar-refractivity contribution in [1.82, 2.24) is 10.6 Å². The van der Waals surface area contributed by atoms with Crippen molar-refractivity contribution in [3.63, 3.8) is 0 Å². The van der Waals surface area contributed by atoms with Gasteiger partial charge in [-0.2, -0.15) is 0 Å². The number of halogens is 1. The van der Waals surface area contributed by atoms with E-state index in [9.17, 15) is 9.59 Å². The molecular formula is C20H19ClN2O4. The molecule has 7 heteroatoms. The third-order valence-electron chi connectivity index (χ3n) is 4.45. The normalized spacial score (nSPS) is 19.1. The zero-order chi connectivity index (χ0) is 19.6. The van der Waals surface area contributed by atoms with Gasteiger partial charge in [-0.1, -0.05) is 18.2 Å². The van der Waals surface area contributed by atoms with Crippen molar-refractivity contribution in [3.05, 3.63) is 70.9 Å². The highest BCUT2D eigenvalue weighted by molar-refractivity contribution is 6.30. The molecule has 1 aliphatic rings. The number of Topliss-reactive ketones (excluding diaryl/α,β-unsaturated/α-hetero) is 1. The molecule has 0 aromatic heterocycles. The van der Waals surface area contributed by atoms with Crippen LogP contribution >= 0.6 is 11.6 Å². The van der Waals surface area contributed by atoms with Crippen molar-refractivity contribution in [2.24, 2.45) is 5.92 Å². The number of nitrogens with one attached hydrogen (secondary N) is 2. The molecule has 2 aromatic carbocycles. The van der Waals surface area contributed by atoms with Crippen molar-refractivity contribution in [2.75, 3.05) is 14.2 Å². The molecule has 1 heterocycles. The molecule has 1 fully saturated rings. The fourth-order valence-electron chi connectivity index (χ4n) is 3.13. The second-order valence-electron chi connectivity index (χ2n) is 6.06. The molecule has 0 saturated carbocycles. The quantitative estimate of drug-likeness (QED) is 0.768. The Hall–Kier alpha value is -2.99. The lowest BCUT2D eigenvalue weighted by Gasteiger charge is -2.34. The number of hydrogen-bond acceptors (Lipinski definition) is 4. The fourth-order valence-corrected chi connectivity index (χ4v) is 3.25. The van der Waals surface area contributed by atoms with Crippen LogP contribution in [0.2, 0.25) is 5.02 Å². The van der Waals surface area contributed by atoms with Gasteiger partial charge in [-0.25, -0.2) is 4.79 Å². The lowest BCUT2D eigenvalue weighted by atomic mass is 9.83. The van der Waals surface area contributed by atoms with Gasteiger partial charge < -0.3 is 20.1 Å². The Morgan fingerprint density at radius 1 is 1.11 bits per heavy atom. The SMILES string of the molecule is C=C1NC(=O)N[C@@H](c2cc(OC)ccc2OC)[C@@H]1C(=O)c1ccc(Cl)cc1. The Bertz CT molecular complexity index is 895. The van der Waals surface area contributed by atoms with Gasteiger partial charge in [0.15, 0.2) is 5.78 Å². The summed E-state index contributed by atoms with van der Waals surface area (Å²) in [4.78, 5) is 25.3. The van der Waals surface area contributed by atoms with Crippen LogP contribution in [0.1, 0.15) is 22.0 Å². The van der Waals surface area contributed by atoms with Crippen molar-refractivity contribution in [3.8, 4) is 11.5 Å². The summed E-state index contributed by atoms with van der Waals surface area (Å²) >= 11 is 5.92. The molecule has 2 atom stereocenters. The van der Waals surface area contributed by atoms with Crippen LogP contribution in [0.4, 0.5) is 4.79 Å². The van der Waals surface area contributed by atoms with E-state index in [0.29, 0.717) is 33.3 Å². The van der Waals surface area contributed by atoms with E-state index >= 15 is 0 Å². The van der Waals surface area contributed by atoms with Gasteiger partial charge in [0.25, 0.3) is 0 Å². The minimum Gasteiger partial charge on any atom is -0.497 e. The van der Waals surface area contributed by atoms with Crippen LogP contribution in [0.15, 0.2) is 54.7 Å². The van der Waals surface area contributed by atoms with Gasteiger partial charge in [-0.3, -0.25) is 4.79 Å². The molecular weight excluding hydrogens is 368 g/mol. The van der Waals surface area contributed by atoms with Crippen molar-refractivity contribution >= 4 is 23.4 Å². The number of hydrogen-bond donors (Lipinski definition) is 2. The Balaban J connectivity index is 2.07. The minimum atomic E-state index is -0.732. The van der Waals surface area contributed by atoms with Crippen LogP contribution in [0.5, 0.6) is 11.5 Å². The number of urea groups is 1. The van der Waals surface area contributed by atoms with E-state index in [1.54, 1.807) is 49.6 Å². The summed E-state index contributed by atoms with van der Waals surface area (Å²) in [7, 11) is 3.07. The van der Waals surface area contributed by atoms with Gasteiger partial charge in [0, 0.05) is 21.8 Å². The van der Waals surface area contributed by atoms with Gasteiger partial charge in [-0.05, 0) is 42.5 Å². The maximum atomic E-state index is 13.2. The lowest BCUT2D eigenvalue weighted by Crippen LogP contribution is -2.50. The van der Waals surface area contributed by atoms with Gasteiger partial charge in [-0.15, -0.1) is 0 Å². The molecule has 0 unspecified atom stereocenters. The summed E-state index contributed by atoms with van der Waals surface area (Å²) in [5, 5.41) is 5.94. The summed E-state index contributed by atoms with van der Waals surface area (Å²) in [5.74, 6) is 0.190. The zero-order valence-corrected chi connectivity index (χ0v) is 15.7. The Morgan fingerprint density at radius 3 is 2.44 bits per heavy atom. The van der Waals surface area contributed by atoms with Crippen LogP contribution in [-0.4, -0.2) is 26.0 Å². The van der Waals surface area contributed by atoms with Gasteiger partial charge >= 0.3 is 6.03 Å². The molecule has 0 radical (unpaired) electrons. The number of ether oxygens (including phenoxy) is 2. The molecule has 27 heavy (non-hydrogen) atoms. The van der Waals surface area contributed by atoms with Gasteiger partial charge in [0.05, 0.1) is 26.2 Å². The summed E-state index contributed by atoms with van der Waals surface area (Å²) in [6.45, 7) is 3.89. The molecule has 2 aromatic rings. The average molecular weight is 387 g/mol. The Kier molecular flexibility index (Phi) is 5.37. The maximum absolute atomic E-state index is 13.2. The number of carbonyl (C=O) groups is 2. The van der Waals surface area contributed by atoms with E-state index in [0.717, 1.165) is 0 Å². The minimum absolute atomic E-state index is 0.195. The maximum Gasteiger partial charge on any atom is 0.319 e. The topological polar surface area (TPSA) is 76.7 Å². The van der Waals surface area contributed by atoms with Crippen molar-refractivity contribution < 1.29 is 19.1 Å². The standard InChI is InChI=1S/C20H19ClN2O4/c1-11-17(19(24)12-4-6-13(21)7-5-12)18(23-20(25)22-11)15-10-14(26-2)8-9-16(15)27-3/h4-10,17-18H,1H2,2-3H3,(H2,22,23,25)/t17-,18+/m1/s1. The van der Waals surface area contributed by atoms with Crippen LogP contribution in [0.25, 0.3) is 0 Å². The van der Waals surface area contributed by atoms with E-state index in [4.69, 9.17) is 21.1 Å². The number of ketones is 1. The second kappa shape index (κ2) is 7.72. The lowest BCUT2D eigenvalue weighted by molar-refractivity contribution is 0.0904. The first kappa shape index (κ1) is 18.8. The smallest absolute Gasteiger partial charge is 0.319 e. The number of carbonyl (C=O) groups excluding carboxylic acids is 2. The predicted molar refractivity (Wildman–Crippen MR) is 102 cm³/mol. The summed E-state index contributed by atoms with van der Waals surface area (Å²) in [5.41, 5.74) is 1.41. The molecule has 1 saturated heterocycles. The van der Waals surface area contributed by atoms with E-state index in [1.165, 1.54) is 7.11 Å². The van der Waals surface area contributed by atoms with Crippen LogP contribution in [0, 0.1) is 5.92 Å². The predicted octanol–water partition coefficient (Wildman–Crippen LogP) is 3.72. The molecule has 2 amide bonds. The molecule has 0 bridgehead atoms. The molecule has 140 valence electrons. The first-order chi connectivity index (χ1) is 12.9. The fraction of sp³-hybridized carbons (Fsp3) is 0.200. The van der Waals surface area contributed by atoms with Crippen LogP contribution in [-0.2, 0) is 0 Å². The van der Waals surface area contributed by atoms with E-state index in [-0.39, 0.29) is 5.78 Å². The number of amides is 2. The van der Waals surface area contributed by atoms with Gasteiger partial charge in [0.1, 0.15) is 11.5 Å². The van der Waals surface area contributed by atoms with Crippen molar-refractivity contribution in [2.45, 2.75) is 6.04 Å². The van der Waals surface area contributed by atoms with Gasteiger partial charge in [0.2, 0.25) is 0 Å². The van der Waals surface area contributed by atoms with Crippen molar-refractivity contribution in [1.29, 1.82) is 0 Å². The first-order valence-electron chi connectivity index (χ1n) is 8.22.